The Kier molecular flexibility index (Phi) is 5.35. The minimum atomic E-state index is -0.434. The van der Waals surface area contributed by atoms with Crippen molar-refractivity contribution in [3.8, 4) is 0 Å². The number of anilines is 1. The van der Waals surface area contributed by atoms with E-state index < -0.39 is 5.60 Å². The minimum Gasteiger partial charge on any atom is -0.459 e. The maximum absolute atomic E-state index is 11.5. The normalized spacial score (nSPS) is 11.3. The summed E-state index contributed by atoms with van der Waals surface area (Å²) < 4.78 is 5.21. The number of hydrogen-bond donors (Lipinski definition) is 1. The highest BCUT2D eigenvalue weighted by Crippen LogP contribution is 2.23. The third-order valence-electron chi connectivity index (χ3n) is 1.97. The molecule has 0 unspecified atom stereocenters. The molecule has 1 aromatic carbocycles. The monoisotopic (exact) mass is 287 g/mol. The van der Waals surface area contributed by atoms with E-state index in [0.29, 0.717) is 22.2 Å². The maximum atomic E-state index is 11.5. The van der Waals surface area contributed by atoms with Crippen molar-refractivity contribution >= 4 is 35.0 Å². The van der Waals surface area contributed by atoms with Crippen LogP contribution in [0.1, 0.15) is 26.3 Å². The summed E-state index contributed by atoms with van der Waals surface area (Å²) >= 11 is 7.52. The molecule has 18 heavy (non-hydrogen) atoms. The largest absolute Gasteiger partial charge is 0.459 e. The number of rotatable bonds is 4. The van der Waals surface area contributed by atoms with E-state index in [-0.39, 0.29) is 5.97 Å². The molecule has 100 valence electrons. The predicted octanol–water partition coefficient (Wildman–Crippen LogP) is 3.50. The molecule has 0 fully saturated rings. The van der Waals surface area contributed by atoms with Gasteiger partial charge < -0.3 is 10.5 Å². The molecule has 2 N–H and O–H groups in total. The Hall–Kier alpha value is -0.870. The summed E-state index contributed by atoms with van der Waals surface area (Å²) in [6.07, 6.45) is 0. The summed E-state index contributed by atoms with van der Waals surface area (Å²) in [5.41, 5.74) is 6.79. The smallest absolute Gasteiger partial charge is 0.316 e. The molecule has 5 heteroatoms. The number of hydrogen-bond acceptors (Lipinski definition) is 4. The zero-order valence-electron chi connectivity index (χ0n) is 10.8. The third-order valence-corrected chi connectivity index (χ3v) is 3.28. The first kappa shape index (κ1) is 15.2. The van der Waals surface area contributed by atoms with Crippen LogP contribution in [0.4, 0.5) is 5.69 Å². The zero-order valence-corrected chi connectivity index (χ0v) is 12.4. The standard InChI is InChI=1S/C13H18ClNO2S/c1-13(2,3)17-12(16)8-18-7-9-4-5-10(15)6-11(9)14/h4-6H,7-8,15H2,1-3H3. The Bertz CT molecular complexity index is 429. The number of benzene rings is 1. The molecule has 0 heterocycles. The van der Waals surface area contributed by atoms with Gasteiger partial charge in [0.15, 0.2) is 0 Å². The van der Waals surface area contributed by atoms with Crippen molar-refractivity contribution in [2.45, 2.75) is 32.1 Å². The van der Waals surface area contributed by atoms with Gasteiger partial charge in [-0.3, -0.25) is 4.79 Å². The lowest BCUT2D eigenvalue weighted by Gasteiger charge is -2.19. The van der Waals surface area contributed by atoms with E-state index in [0.717, 1.165) is 5.56 Å². The molecule has 0 saturated heterocycles. The van der Waals surface area contributed by atoms with Crippen molar-refractivity contribution in [3.63, 3.8) is 0 Å². The topological polar surface area (TPSA) is 52.3 Å². The van der Waals surface area contributed by atoms with Gasteiger partial charge in [0.25, 0.3) is 0 Å². The van der Waals surface area contributed by atoms with Crippen LogP contribution in [0, 0.1) is 0 Å². The first-order valence-corrected chi connectivity index (χ1v) is 7.15. The van der Waals surface area contributed by atoms with Gasteiger partial charge in [0.05, 0.1) is 5.75 Å². The Morgan fingerprint density at radius 3 is 2.67 bits per heavy atom. The van der Waals surface area contributed by atoms with E-state index in [1.165, 1.54) is 11.8 Å². The molecule has 0 radical (unpaired) electrons. The maximum Gasteiger partial charge on any atom is 0.316 e. The lowest BCUT2D eigenvalue weighted by molar-refractivity contribution is -0.151. The molecular weight excluding hydrogens is 270 g/mol. The second-order valence-corrected chi connectivity index (χ2v) is 6.32. The summed E-state index contributed by atoms with van der Waals surface area (Å²) in [6, 6.07) is 5.39. The second-order valence-electron chi connectivity index (χ2n) is 4.93. The van der Waals surface area contributed by atoms with Gasteiger partial charge in [0.2, 0.25) is 0 Å². The van der Waals surface area contributed by atoms with Gasteiger partial charge in [-0.2, -0.15) is 0 Å². The highest BCUT2D eigenvalue weighted by Gasteiger charge is 2.16. The van der Waals surface area contributed by atoms with Gasteiger partial charge in [0, 0.05) is 16.5 Å². The molecular formula is C13H18ClNO2S. The Morgan fingerprint density at radius 2 is 2.11 bits per heavy atom. The van der Waals surface area contributed by atoms with Crippen molar-refractivity contribution in [3.05, 3.63) is 28.8 Å². The molecule has 0 aromatic heterocycles. The molecule has 0 bridgehead atoms. The van der Waals surface area contributed by atoms with E-state index in [9.17, 15) is 4.79 Å². The van der Waals surface area contributed by atoms with E-state index in [1.54, 1.807) is 12.1 Å². The number of esters is 1. The molecule has 0 aliphatic carbocycles. The first-order valence-electron chi connectivity index (χ1n) is 5.61. The summed E-state index contributed by atoms with van der Waals surface area (Å²) in [5, 5.41) is 0.631. The fourth-order valence-electron chi connectivity index (χ4n) is 1.30. The highest BCUT2D eigenvalue weighted by molar-refractivity contribution is 7.99. The Morgan fingerprint density at radius 1 is 1.44 bits per heavy atom. The van der Waals surface area contributed by atoms with E-state index in [2.05, 4.69) is 0 Å². The van der Waals surface area contributed by atoms with Crippen molar-refractivity contribution < 1.29 is 9.53 Å². The quantitative estimate of drug-likeness (QED) is 0.680. The number of nitrogen functional groups attached to an aromatic ring is 1. The molecule has 0 amide bonds. The van der Waals surface area contributed by atoms with Gasteiger partial charge in [0.1, 0.15) is 5.60 Å². The fraction of sp³-hybridized carbons (Fsp3) is 0.462. The number of nitrogens with two attached hydrogens (primary N) is 1. The minimum absolute atomic E-state index is 0.209. The number of carbonyl (C=O) groups excluding carboxylic acids is 1. The van der Waals surface area contributed by atoms with Crippen LogP contribution in [0.3, 0.4) is 0 Å². The van der Waals surface area contributed by atoms with Crippen LogP contribution in [0.15, 0.2) is 18.2 Å². The summed E-state index contributed by atoms with van der Waals surface area (Å²) in [5.74, 6) is 0.773. The van der Waals surface area contributed by atoms with Gasteiger partial charge >= 0.3 is 5.97 Å². The van der Waals surface area contributed by atoms with Crippen LogP contribution >= 0.6 is 23.4 Å². The lowest BCUT2D eigenvalue weighted by Crippen LogP contribution is -2.24. The van der Waals surface area contributed by atoms with Gasteiger partial charge in [-0.15, -0.1) is 11.8 Å². The zero-order chi connectivity index (χ0) is 13.8. The number of carbonyl (C=O) groups is 1. The molecule has 0 atom stereocenters. The van der Waals surface area contributed by atoms with Crippen molar-refractivity contribution in [2.75, 3.05) is 11.5 Å². The van der Waals surface area contributed by atoms with Crippen molar-refractivity contribution in [1.82, 2.24) is 0 Å². The Balaban J connectivity index is 2.40. The molecule has 0 aliphatic rings. The van der Waals surface area contributed by atoms with Crippen LogP contribution in [-0.2, 0) is 15.3 Å². The van der Waals surface area contributed by atoms with Crippen LogP contribution in [-0.4, -0.2) is 17.3 Å². The van der Waals surface area contributed by atoms with Gasteiger partial charge in [-0.1, -0.05) is 17.7 Å². The third kappa shape index (κ3) is 5.65. The summed E-state index contributed by atoms with van der Waals surface area (Å²) in [4.78, 5) is 11.5. The van der Waals surface area contributed by atoms with E-state index in [1.807, 2.05) is 26.8 Å². The molecule has 0 aliphatic heterocycles. The fourth-order valence-corrected chi connectivity index (χ4v) is 2.43. The molecule has 0 spiro atoms. The average molecular weight is 288 g/mol. The molecule has 1 rings (SSSR count). The van der Waals surface area contributed by atoms with Crippen molar-refractivity contribution in [1.29, 1.82) is 0 Å². The van der Waals surface area contributed by atoms with Crippen LogP contribution in [0.5, 0.6) is 0 Å². The molecule has 1 aromatic rings. The highest BCUT2D eigenvalue weighted by atomic mass is 35.5. The second kappa shape index (κ2) is 6.34. The molecule has 0 saturated carbocycles. The average Bonchev–Trinajstić information content (AvgIpc) is 2.18. The summed E-state index contributed by atoms with van der Waals surface area (Å²) in [7, 11) is 0. The lowest BCUT2D eigenvalue weighted by atomic mass is 10.2. The van der Waals surface area contributed by atoms with Crippen LogP contribution in [0.2, 0.25) is 5.02 Å². The van der Waals surface area contributed by atoms with Gasteiger partial charge in [-0.25, -0.2) is 0 Å². The predicted molar refractivity (Wildman–Crippen MR) is 77.9 cm³/mol. The van der Waals surface area contributed by atoms with Crippen LogP contribution in [0.25, 0.3) is 0 Å². The number of ether oxygens (including phenoxy) is 1. The number of thioether (sulfide) groups is 1. The van der Waals surface area contributed by atoms with E-state index >= 15 is 0 Å². The van der Waals surface area contributed by atoms with Gasteiger partial charge in [-0.05, 0) is 38.5 Å². The molecule has 3 nitrogen and oxygen atoms in total. The number of halogens is 1. The Labute approximate surface area is 117 Å². The van der Waals surface area contributed by atoms with Crippen molar-refractivity contribution in [2.24, 2.45) is 0 Å². The van der Waals surface area contributed by atoms with Crippen LogP contribution < -0.4 is 5.73 Å². The SMILES string of the molecule is CC(C)(C)OC(=O)CSCc1ccc(N)cc1Cl. The first-order chi connectivity index (χ1) is 8.28. The van der Waals surface area contributed by atoms with E-state index in [4.69, 9.17) is 22.1 Å². The summed E-state index contributed by atoms with van der Waals surface area (Å²) in [6.45, 7) is 5.56.